The van der Waals surface area contributed by atoms with Gasteiger partial charge >= 0.3 is 5.97 Å². The van der Waals surface area contributed by atoms with Crippen LogP contribution in [0.1, 0.15) is 57.4 Å². The van der Waals surface area contributed by atoms with Crippen LogP contribution in [0, 0.1) is 5.92 Å². The maximum Gasteiger partial charge on any atom is 0.337 e. The van der Waals surface area contributed by atoms with E-state index in [0.717, 1.165) is 17.9 Å². The number of hydrogen-bond donors (Lipinski definition) is 0. The number of rotatable bonds is 5. The summed E-state index contributed by atoms with van der Waals surface area (Å²) in [6.45, 7) is 3.55. The molecule has 130 valence electrons. The van der Waals surface area contributed by atoms with E-state index in [1.165, 1.54) is 37.3 Å². The summed E-state index contributed by atoms with van der Waals surface area (Å²) < 4.78 is 16.4. The van der Waals surface area contributed by atoms with Crippen molar-refractivity contribution in [2.75, 3.05) is 7.11 Å². The zero-order valence-corrected chi connectivity index (χ0v) is 14.7. The van der Waals surface area contributed by atoms with E-state index in [4.69, 9.17) is 14.2 Å². The number of allylic oxidation sites excluding steroid dienone is 1. The molecule has 0 radical (unpaired) electrons. The van der Waals surface area contributed by atoms with Gasteiger partial charge in [-0.15, -0.1) is 0 Å². The van der Waals surface area contributed by atoms with Gasteiger partial charge in [0.15, 0.2) is 0 Å². The first-order valence-electron chi connectivity index (χ1n) is 8.73. The summed E-state index contributed by atoms with van der Waals surface area (Å²) in [6.07, 6.45) is 7.26. The lowest BCUT2D eigenvalue weighted by Gasteiger charge is -2.33. The Balaban J connectivity index is 1.83. The first-order chi connectivity index (χ1) is 11.5. The molecule has 4 heteroatoms. The second kappa shape index (κ2) is 6.88. The van der Waals surface area contributed by atoms with Gasteiger partial charge in [0.1, 0.15) is 11.5 Å². The molecule has 0 spiro atoms. The molecule has 1 fully saturated rings. The van der Waals surface area contributed by atoms with Gasteiger partial charge in [-0.3, -0.25) is 0 Å². The average molecular weight is 330 g/mol. The van der Waals surface area contributed by atoms with Crippen molar-refractivity contribution >= 4 is 5.97 Å². The zero-order chi connectivity index (χ0) is 17.2. The third-order valence-electron chi connectivity index (χ3n) is 4.94. The third-order valence-corrected chi connectivity index (χ3v) is 4.94. The van der Waals surface area contributed by atoms with Crippen molar-refractivity contribution < 1.29 is 19.0 Å². The van der Waals surface area contributed by atoms with Crippen LogP contribution in [0.4, 0.5) is 0 Å². The van der Waals surface area contributed by atoms with E-state index in [9.17, 15) is 4.79 Å². The number of esters is 1. The van der Waals surface area contributed by atoms with E-state index in [0.29, 0.717) is 11.8 Å². The smallest absolute Gasteiger partial charge is 0.337 e. The maximum absolute atomic E-state index is 11.8. The van der Waals surface area contributed by atoms with Crippen LogP contribution in [0.25, 0.3) is 0 Å². The summed E-state index contributed by atoms with van der Waals surface area (Å²) in [4.78, 5) is 11.8. The summed E-state index contributed by atoms with van der Waals surface area (Å²) in [5, 5.41) is 0. The Morgan fingerprint density at radius 2 is 1.83 bits per heavy atom. The minimum atomic E-state index is -0.888. The Morgan fingerprint density at radius 3 is 2.42 bits per heavy atom. The van der Waals surface area contributed by atoms with E-state index in [-0.39, 0.29) is 5.97 Å². The molecule has 2 aliphatic rings. The quantitative estimate of drug-likeness (QED) is 0.743. The largest absolute Gasteiger partial charge is 0.497 e. The second-order valence-corrected chi connectivity index (χ2v) is 7.16. The molecule has 1 heterocycles. The lowest BCUT2D eigenvalue weighted by atomic mass is 9.82. The summed E-state index contributed by atoms with van der Waals surface area (Å²) in [7, 11) is 1.68. The molecule has 0 amide bonds. The van der Waals surface area contributed by atoms with Gasteiger partial charge in [0.2, 0.25) is 5.79 Å². The van der Waals surface area contributed by atoms with E-state index < -0.39 is 5.79 Å². The van der Waals surface area contributed by atoms with Crippen LogP contribution in [0.2, 0.25) is 0 Å². The highest BCUT2D eigenvalue weighted by atomic mass is 16.7. The van der Waals surface area contributed by atoms with Crippen molar-refractivity contribution in [3.63, 3.8) is 0 Å². The molecule has 0 N–H and O–H groups in total. The van der Waals surface area contributed by atoms with Crippen LogP contribution in [-0.4, -0.2) is 18.9 Å². The summed E-state index contributed by atoms with van der Waals surface area (Å²) in [5.74, 6) is 1.36. The second-order valence-electron chi connectivity index (χ2n) is 7.16. The van der Waals surface area contributed by atoms with Gasteiger partial charge in [-0.05, 0) is 42.4 Å². The van der Waals surface area contributed by atoms with Crippen LogP contribution in [0.5, 0.6) is 5.75 Å². The molecule has 4 nitrogen and oxygen atoms in total. The number of carbonyl (C=O) groups is 1. The van der Waals surface area contributed by atoms with Crippen molar-refractivity contribution in [3.05, 3.63) is 41.7 Å². The highest BCUT2D eigenvalue weighted by Gasteiger charge is 2.34. The fourth-order valence-electron chi connectivity index (χ4n) is 3.85. The van der Waals surface area contributed by atoms with Gasteiger partial charge in [-0.1, -0.05) is 25.0 Å². The first-order valence-corrected chi connectivity index (χ1v) is 8.73. The zero-order valence-electron chi connectivity index (χ0n) is 14.7. The Hall–Kier alpha value is -1.97. The minimum absolute atomic E-state index is 0.318. The fourth-order valence-corrected chi connectivity index (χ4v) is 3.85. The van der Waals surface area contributed by atoms with Gasteiger partial charge in [0.05, 0.1) is 13.2 Å². The molecule has 0 bridgehead atoms. The number of benzene rings is 1. The Morgan fingerprint density at radius 1 is 1.17 bits per heavy atom. The Bertz CT molecular complexity index is 609. The van der Waals surface area contributed by atoms with Crippen LogP contribution in [0.15, 0.2) is 36.1 Å². The number of ether oxygens (including phenoxy) is 3. The summed E-state index contributed by atoms with van der Waals surface area (Å²) in [6, 6.07) is 8.28. The van der Waals surface area contributed by atoms with E-state index >= 15 is 0 Å². The third kappa shape index (κ3) is 3.92. The van der Waals surface area contributed by atoms with Gasteiger partial charge < -0.3 is 14.2 Å². The first kappa shape index (κ1) is 16.9. The molecule has 0 saturated heterocycles. The van der Waals surface area contributed by atoms with Crippen LogP contribution < -0.4 is 4.74 Å². The molecule has 1 saturated carbocycles. The molecule has 1 aromatic carbocycles. The SMILES string of the molecule is COc1ccc(C(CC2=CC(=O)OC(C)(C)O2)C2CCCC2)cc1. The number of hydrogen-bond acceptors (Lipinski definition) is 4. The monoisotopic (exact) mass is 330 g/mol. The molecular weight excluding hydrogens is 304 g/mol. The summed E-state index contributed by atoms with van der Waals surface area (Å²) in [5.41, 5.74) is 1.28. The molecule has 1 aliphatic heterocycles. The molecule has 0 aromatic heterocycles. The highest BCUT2D eigenvalue weighted by Crippen LogP contribution is 2.42. The highest BCUT2D eigenvalue weighted by molar-refractivity contribution is 5.83. The predicted molar refractivity (Wildman–Crippen MR) is 91.6 cm³/mol. The van der Waals surface area contributed by atoms with E-state index in [2.05, 4.69) is 12.1 Å². The van der Waals surface area contributed by atoms with Crippen LogP contribution in [0.3, 0.4) is 0 Å². The molecule has 1 aromatic rings. The molecule has 3 rings (SSSR count). The van der Waals surface area contributed by atoms with Crippen LogP contribution in [-0.2, 0) is 14.3 Å². The maximum atomic E-state index is 11.8. The van der Waals surface area contributed by atoms with Crippen molar-refractivity contribution in [2.45, 2.75) is 57.7 Å². The number of methoxy groups -OCH3 is 1. The fraction of sp³-hybridized carbons (Fsp3) is 0.550. The molecule has 24 heavy (non-hydrogen) atoms. The topological polar surface area (TPSA) is 44.8 Å². The van der Waals surface area contributed by atoms with E-state index in [1.54, 1.807) is 21.0 Å². The van der Waals surface area contributed by atoms with Crippen LogP contribution >= 0.6 is 0 Å². The lowest BCUT2D eigenvalue weighted by molar-refractivity contribution is -0.206. The van der Waals surface area contributed by atoms with Gasteiger partial charge in [-0.25, -0.2) is 4.79 Å². The average Bonchev–Trinajstić information content (AvgIpc) is 3.05. The van der Waals surface area contributed by atoms with Crippen molar-refractivity contribution in [1.82, 2.24) is 0 Å². The number of carbonyl (C=O) groups excluding carboxylic acids is 1. The Kier molecular flexibility index (Phi) is 4.83. The normalized spacial score (nSPS) is 21.6. The standard InChI is InChI=1S/C20H26O4/c1-20(2)23-17(13-19(21)24-20)12-18(14-6-4-5-7-14)15-8-10-16(22-3)11-9-15/h8-11,13-14,18H,4-7,12H2,1-3H3. The minimum Gasteiger partial charge on any atom is -0.497 e. The molecule has 1 unspecified atom stereocenters. The molecule has 1 atom stereocenters. The van der Waals surface area contributed by atoms with Gasteiger partial charge in [-0.2, -0.15) is 0 Å². The van der Waals surface area contributed by atoms with Crippen molar-refractivity contribution in [2.24, 2.45) is 5.92 Å². The van der Waals surface area contributed by atoms with Gasteiger partial charge in [0.25, 0.3) is 0 Å². The van der Waals surface area contributed by atoms with Gasteiger partial charge in [0, 0.05) is 20.3 Å². The Labute approximate surface area is 143 Å². The summed E-state index contributed by atoms with van der Waals surface area (Å²) >= 11 is 0. The lowest BCUT2D eigenvalue weighted by Crippen LogP contribution is -2.34. The van der Waals surface area contributed by atoms with E-state index in [1.807, 2.05) is 12.1 Å². The number of cyclic esters (lactones) is 1. The predicted octanol–water partition coefficient (Wildman–Crippen LogP) is 4.55. The molecular formula is C20H26O4. The molecule has 1 aliphatic carbocycles. The van der Waals surface area contributed by atoms with Crippen molar-refractivity contribution in [3.8, 4) is 5.75 Å². The van der Waals surface area contributed by atoms with Crippen molar-refractivity contribution in [1.29, 1.82) is 0 Å².